The number of ether oxygens (including phenoxy) is 1. The fourth-order valence-corrected chi connectivity index (χ4v) is 1.22. The Morgan fingerprint density at radius 2 is 1.89 bits per heavy atom. The van der Waals surface area contributed by atoms with Crippen LogP contribution in [-0.4, -0.2) is 25.1 Å². The minimum absolute atomic E-state index is 0.274. The number of allylic oxidation sites excluding steroid dienone is 1. The highest BCUT2D eigenvalue weighted by molar-refractivity contribution is 5.55. The molecule has 0 atom stereocenters. The van der Waals surface area contributed by atoms with Crippen molar-refractivity contribution in [2.45, 2.75) is 26.2 Å². The lowest BCUT2D eigenvalue weighted by Crippen LogP contribution is -1.86. The summed E-state index contributed by atoms with van der Waals surface area (Å²) in [7, 11) is 1.62. The maximum absolute atomic E-state index is 10.1. The maximum atomic E-state index is 10.1. The van der Waals surface area contributed by atoms with Gasteiger partial charge in [-0.1, -0.05) is 31.2 Å². The zero-order valence-corrected chi connectivity index (χ0v) is 11.1. The van der Waals surface area contributed by atoms with Crippen molar-refractivity contribution in [2.24, 2.45) is 0 Å². The number of aldehydes is 1. The molecule has 0 aromatic heterocycles. The van der Waals surface area contributed by atoms with E-state index in [0.717, 1.165) is 30.4 Å². The van der Waals surface area contributed by atoms with Gasteiger partial charge in [0.15, 0.2) is 0 Å². The van der Waals surface area contributed by atoms with E-state index in [1.807, 2.05) is 30.3 Å². The fourth-order valence-electron chi connectivity index (χ4n) is 1.22. The normalized spacial score (nSPS) is 9.72. The van der Waals surface area contributed by atoms with E-state index >= 15 is 0 Å². The topological polar surface area (TPSA) is 46.5 Å². The standard InChI is InChI=1S/C9H10O2.C6H12O/c1-11-9-4-2-8(3-5-9)6-7-10;1-2-3-4-5-6-7/h2-5,7H,6H2,1H3;3-4,7H,2,5-6H2,1H3/b;4-3-. The van der Waals surface area contributed by atoms with E-state index in [0.29, 0.717) is 6.42 Å². The van der Waals surface area contributed by atoms with E-state index in [2.05, 4.69) is 13.0 Å². The molecule has 3 heteroatoms. The molecule has 1 aromatic carbocycles. The van der Waals surface area contributed by atoms with Gasteiger partial charge in [0.05, 0.1) is 7.11 Å². The van der Waals surface area contributed by atoms with E-state index < -0.39 is 0 Å². The van der Waals surface area contributed by atoms with Gasteiger partial charge in [0.25, 0.3) is 0 Å². The summed E-state index contributed by atoms with van der Waals surface area (Å²) >= 11 is 0. The third kappa shape index (κ3) is 8.53. The maximum Gasteiger partial charge on any atom is 0.124 e. The summed E-state index contributed by atoms with van der Waals surface area (Å²) in [6, 6.07) is 7.46. The van der Waals surface area contributed by atoms with Crippen LogP contribution in [-0.2, 0) is 11.2 Å². The van der Waals surface area contributed by atoms with E-state index in [1.54, 1.807) is 7.11 Å². The van der Waals surface area contributed by atoms with Crippen molar-refractivity contribution in [3.8, 4) is 5.75 Å². The number of hydrogen-bond acceptors (Lipinski definition) is 3. The van der Waals surface area contributed by atoms with E-state index in [1.165, 1.54) is 0 Å². The average molecular weight is 250 g/mol. The molecule has 1 rings (SSSR count). The molecule has 0 aliphatic carbocycles. The molecule has 3 nitrogen and oxygen atoms in total. The first-order valence-corrected chi connectivity index (χ1v) is 6.10. The molecule has 0 bridgehead atoms. The Morgan fingerprint density at radius 1 is 1.22 bits per heavy atom. The number of carbonyl (C=O) groups excluding carboxylic acids is 1. The first-order chi connectivity index (χ1) is 8.78. The fraction of sp³-hybridized carbons (Fsp3) is 0.400. The van der Waals surface area contributed by atoms with Crippen molar-refractivity contribution in [3.63, 3.8) is 0 Å². The SMILES string of the molecule is CC/C=C\CCO.COc1ccc(CC=O)cc1. The van der Waals surface area contributed by atoms with Crippen molar-refractivity contribution in [2.75, 3.05) is 13.7 Å². The molecule has 1 aromatic rings. The lowest BCUT2D eigenvalue weighted by atomic mass is 10.2. The third-order valence-corrected chi connectivity index (χ3v) is 2.18. The molecule has 18 heavy (non-hydrogen) atoms. The Hall–Kier alpha value is -1.61. The average Bonchev–Trinajstić information content (AvgIpc) is 2.41. The molecule has 0 aliphatic rings. The van der Waals surface area contributed by atoms with Crippen LogP contribution in [0.1, 0.15) is 25.3 Å². The van der Waals surface area contributed by atoms with E-state index in [4.69, 9.17) is 9.84 Å². The molecule has 100 valence electrons. The van der Waals surface area contributed by atoms with Gasteiger partial charge in [-0.05, 0) is 30.5 Å². The Balaban J connectivity index is 0.000000360. The highest BCUT2D eigenvalue weighted by atomic mass is 16.5. The van der Waals surface area contributed by atoms with Crippen LogP contribution in [0.2, 0.25) is 0 Å². The minimum atomic E-state index is 0.274. The quantitative estimate of drug-likeness (QED) is 0.624. The molecule has 0 saturated carbocycles. The highest BCUT2D eigenvalue weighted by Crippen LogP contribution is 2.10. The molecule has 0 fully saturated rings. The second-order valence-electron chi connectivity index (χ2n) is 3.61. The molecule has 0 saturated heterocycles. The molecule has 1 N–H and O–H groups in total. The van der Waals surface area contributed by atoms with Gasteiger partial charge in [0, 0.05) is 13.0 Å². The highest BCUT2D eigenvalue weighted by Gasteiger charge is 1.91. The van der Waals surface area contributed by atoms with E-state index in [9.17, 15) is 4.79 Å². The summed E-state index contributed by atoms with van der Waals surface area (Å²) in [5.41, 5.74) is 1.01. The van der Waals surface area contributed by atoms with Gasteiger partial charge in [-0.2, -0.15) is 0 Å². The van der Waals surface area contributed by atoms with Crippen LogP contribution >= 0.6 is 0 Å². The van der Waals surface area contributed by atoms with Gasteiger partial charge in [-0.15, -0.1) is 0 Å². The predicted octanol–water partition coefficient (Wildman–Crippen LogP) is 2.77. The number of aliphatic hydroxyl groups is 1. The number of methoxy groups -OCH3 is 1. The smallest absolute Gasteiger partial charge is 0.124 e. The summed E-state index contributed by atoms with van der Waals surface area (Å²) in [6.45, 7) is 2.35. The Kier molecular flexibility index (Phi) is 10.8. The Morgan fingerprint density at radius 3 is 2.33 bits per heavy atom. The number of rotatable bonds is 6. The van der Waals surface area contributed by atoms with Gasteiger partial charge in [-0.3, -0.25) is 0 Å². The zero-order chi connectivity index (χ0) is 13.6. The van der Waals surface area contributed by atoms with Crippen molar-refractivity contribution in [1.82, 2.24) is 0 Å². The van der Waals surface area contributed by atoms with Crippen LogP contribution in [0.3, 0.4) is 0 Å². The number of hydrogen-bond donors (Lipinski definition) is 1. The second-order valence-corrected chi connectivity index (χ2v) is 3.61. The van der Waals surface area contributed by atoms with Gasteiger partial charge in [0.1, 0.15) is 12.0 Å². The van der Waals surface area contributed by atoms with Crippen molar-refractivity contribution in [3.05, 3.63) is 42.0 Å². The molecular formula is C15H22O3. The van der Waals surface area contributed by atoms with Crippen LogP contribution in [0.4, 0.5) is 0 Å². The number of aliphatic hydroxyl groups excluding tert-OH is 1. The lowest BCUT2D eigenvalue weighted by molar-refractivity contribution is -0.107. The number of carbonyl (C=O) groups is 1. The van der Waals surface area contributed by atoms with Crippen molar-refractivity contribution < 1.29 is 14.6 Å². The van der Waals surface area contributed by atoms with Crippen LogP contribution in [0, 0.1) is 0 Å². The summed E-state index contributed by atoms with van der Waals surface area (Å²) in [4.78, 5) is 10.1. The molecule has 0 amide bonds. The monoisotopic (exact) mass is 250 g/mol. The third-order valence-electron chi connectivity index (χ3n) is 2.18. The second kappa shape index (κ2) is 11.9. The summed E-state index contributed by atoms with van der Waals surface area (Å²) < 4.78 is 4.96. The largest absolute Gasteiger partial charge is 0.497 e. The van der Waals surface area contributed by atoms with Crippen LogP contribution in [0.25, 0.3) is 0 Å². The van der Waals surface area contributed by atoms with Gasteiger partial charge >= 0.3 is 0 Å². The molecule has 0 aliphatic heterocycles. The van der Waals surface area contributed by atoms with Gasteiger partial charge < -0.3 is 14.6 Å². The van der Waals surface area contributed by atoms with Gasteiger partial charge in [-0.25, -0.2) is 0 Å². The first kappa shape index (κ1) is 16.4. The minimum Gasteiger partial charge on any atom is -0.497 e. The lowest BCUT2D eigenvalue weighted by Gasteiger charge is -1.98. The molecule has 0 unspecified atom stereocenters. The van der Waals surface area contributed by atoms with Crippen LogP contribution in [0.5, 0.6) is 5.75 Å². The van der Waals surface area contributed by atoms with Crippen LogP contribution < -0.4 is 4.74 Å². The van der Waals surface area contributed by atoms with Crippen molar-refractivity contribution in [1.29, 1.82) is 0 Å². The molecule has 0 spiro atoms. The first-order valence-electron chi connectivity index (χ1n) is 6.10. The summed E-state index contributed by atoms with van der Waals surface area (Å²) in [6.07, 6.45) is 7.27. The Labute approximate surface area is 109 Å². The zero-order valence-electron chi connectivity index (χ0n) is 11.1. The van der Waals surface area contributed by atoms with E-state index in [-0.39, 0.29) is 6.61 Å². The molecule has 0 heterocycles. The molecule has 0 radical (unpaired) electrons. The summed E-state index contributed by atoms with van der Waals surface area (Å²) in [5, 5.41) is 8.24. The summed E-state index contributed by atoms with van der Waals surface area (Å²) in [5.74, 6) is 0.819. The van der Waals surface area contributed by atoms with Crippen molar-refractivity contribution >= 4 is 6.29 Å². The predicted molar refractivity (Wildman–Crippen MR) is 73.9 cm³/mol. The molecular weight excluding hydrogens is 228 g/mol. The van der Waals surface area contributed by atoms with Gasteiger partial charge in [0.2, 0.25) is 0 Å². The van der Waals surface area contributed by atoms with Crippen LogP contribution in [0.15, 0.2) is 36.4 Å². The Bertz CT molecular complexity index is 328. The number of benzene rings is 1.